The van der Waals surface area contributed by atoms with Crippen LogP contribution in [-0.2, 0) is 20.2 Å². The second kappa shape index (κ2) is 4.05. The molecule has 0 spiro atoms. The van der Waals surface area contributed by atoms with Crippen LogP contribution in [0.2, 0.25) is 0 Å². The van der Waals surface area contributed by atoms with Gasteiger partial charge in [0.25, 0.3) is 0 Å². The first-order chi connectivity index (χ1) is 8.29. The van der Waals surface area contributed by atoms with Gasteiger partial charge in [0.1, 0.15) is 5.69 Å². The predicted octanol–water partition coefficient (Wildman–Crippen LogP) is 2.06. The minimum absolute atomic E-state index is 0.0469. The van der Waals surface area contributed by atoms with Crippen molar-refractivity contribution in [3.05, 3.63) is 30.1 Å². The van der Waals surface area contributed by atoms with E-state index in [2.05, 4.69) is 11.9 Å². The maximum atomic E-state index is 5.80. The Morgan fingerprint density at radius 1 is 1.18 bits per heavy atom. The van der Waals surface area contributed by atoms with Gasteiger partial charge in [-0.25, -0.2) is 0 Å². The molecule has 0 aromatic carbocycles. The van der Waals surface area contributed by atoms with E-state index in [0.717, 1.165) is 12.8 Å². The van der Waals surface area contributed by atoms with Crippen LogP contribution >= 0.6 is 0 Å². The first-order valence-electron chi connectivity index (χ1n) is 6.12. The summed E-state index contributed by atoms with van der Waals surface area (Å²) in [5.74, 6) is -1.06. The summed E-state index contributed by atoms with van der Waals surface area (Å²) in [5, 5.41) is 0. The topological polar surface area (TPSA) is 40.6 Å². The molecule has 3 saturated heterocycles. The lowest BCUT2D eigenvalue weighted by Crippen LogP contribution is -2.58. The molecule has 2 bridgehead atoms. The third-order valence-electron chi connectivity index (χ3n) is 3.46. The average molecular weight is 235 g/mol. The van der Waals surface area contributed by atoms with E-state index in [1.54, 1.807) is 6.20 Å². The summed E-state index contributed by atoms with van der Waals surface area (Å²) in [5.41, 5.74) is 0.746. The number of hydrogen-bond acceptors (Lipinski definition) is 4. The van der Waals surface area contributed by atoms with Crippen molar-refractivity contribution in [1.82, 2.24) is 4.98 Å². The number of ether oxygens (including phenoxy) is 3. The highest BCUT2D eigenvalue weighted by Gasteiger charge is 2.53. The smallest absolute Gasteiger partial charge is 0.322 e. The second-order valence-electron chi connectivity index (χ2n) is 4.89. The van der Waals surface area contributed by atoms with Crippen LogP contribution in [0.1, 0.15) is 25.5 Å². The van der Waals surface area contributed by atoms with Crippen LogP contribution in [-0.4, -0.2) is 24.8 Å². The normalized spacial score (nSPS) is 36.1. The molecule has 92 valence electrons. The fraction of sp³-hybridized carbons (Fsp3) is 0.615. The van der Waals surface area contributed by atoms with E-state index in [0.29, 0.717) is 25.5 Å². The van der Waals surface area contributed by atoms with Crippen LogP contribution in [0.5, 0.6) is 0 Å². The van der Waals surface area contributed by atoms with Gasteiger partial charge >= 0.3 is 5.97 Å². The molecule has 0 radical (unpaired) electrons. The van der Waals surface area contributed by atoms with Gasteiger partial charge in [-0.05, 0) is 18.6 Å². The van der Waals surface area contributed by atoms with Gasteiger partial charge in [-0.3, -0.25) is 4.98 Å². The highest BCUT2D eigenvalue weighted by molar-refractivity contribution is 5.10. The molecule has 3 fully saturated rings. The molecule has 4 nitrogen and oxygen atoms in total. The maximum Gasteiger partial charge on any atom is 0.329 e. The first-order valence-corrected chi connectivity index (χ1v) is 6.12. The van der Waals surface area contributed by atoms with Crippen LogP contribution in [0.4, 0.5) is 0 Å². The Hall–Kier alpha value is -0.970. The third-order valence-corrected chi connectivity index (χ3v) is 3.46. The van der Waals surface area contributed by atoms with Gasteiger partial charge in [-0.2, -0.15) is 0 Å². The van der Waals surface area contributed by atoms with E-state index in [-0.39, 0.29) is 5.41 Å². The van der Waals surface area contributed by atoms with Gasteiger partial charge in [-0.1, -0.05) is 19.4 Å². The highest BCUT2D eigenvalue weighted by atomic mass is 16.9. The Bertz CT molecular complexity index is 368. The van der Waals surface area contributed by atoms with Gasteiger partial charge in [-0.15, -0.1) is 0 Å². The van der Waals surface area contributed by atoms with Crippen molar-refractivity contribution in [2.45, 2.75) is 25.7 Å². The van der Waals surface area contributed by atoms with Crippen molar-refractivity contribution >= 4 is 0 Å². The van der Waals surface area contributed by atoms with Gasteiger partial charge < -0.3 is 14.2 Å². The lowest BCUT2D eigenvalue weighted by molar-refractivity contribution is -0.481. The van der Waals surface area contributed by atoms with Gasteiger partial charge in [0, 0.05) is 11.6 Å². The summed E-state index contributed by atoms with van der Waals surface area (Å²) in [6, 6.07) is 5.65. The van der Waals surface area contributed by atoms with Crippen molar-refractivity contribution in [3.63, 3.8) is 0 Å². The molecule has 1 aromatic heterocycles. The Morgan fingerprint density at radius 3 is 2.41 bits per heavy atom. The van der Waals surface area contributed by atoms with Gasteiger partial charge in [0.05, 0.1) is 19.8 Å². The van der Waals surface area contributed by atoms with Gasteiger partial charge in [0.2, 0.25) is 0 Å². The molecule has 0 N–H and O–H groups in total. The lowest BCUT2D eigenvalue weighted by Gasteiger charge is -2.51. The Kier molecular flexibility index (Phi) is 2.65. The van der Waals surface area contributed by atoms with Crippen molar-refractivity contribution in [1.29, 1.82) is 0 Å². The predicted molar refractivity (Wildman–Crippen MR) is 61.1 cm³/mol. The van der Waals surface area contributed by atoms with E-state index in [1.165, 1.54) is 0 Å². The number of hydrogen-bond donors (Lipinski definition) is 0. The monoisotopic (exact) mass is 235 g/mol. The summed E-state index contributed by atoms with van der Waals surface area (Å²) in [6.07, 6.45) is 3.92. The summed E-state index contributed by atoms with van der Waals surface area (Å²) < 4.78 is 17.4. The first kappa shape index (κ1) is 11.1. The molecule has 0 saturated carbocycles. The SMILES string of the molecule is CCCC12COC(c3ccccn3)(OC1)OC2. The zero-order valence-corrected chi connectivity index (χ0v) is 10.0. The molecular weight excluding hydrogens is 218 g/mol. The minimum atomic E-state index is -1.06. The molecule has 3 aliphatic heterocycles. The molecule has 17 heavy (non-hydrogen) atoms. The Labute approximate surface area is 101 Å². The zero-order valence-electron chi connectivity index (χ0n) is 10.0. The van der Waals surface area contributed by atoms with Crippen molar-refractivity contribution < 1.29 is 14.2 Å². The van der Waals surface area contributed by atoms with Crippen LogP contribution < -0.4 is 0 Å². The molecule has 4 rings (SSSR count). The number of nitrogens with zero attached hydrogens (tertiary/aromatic N) is 1. The van der Waals surface area contributed by atoms with Crippen molar-refractivity contribution in [2.75, 3.05) is 19.8 Å². The molecule has 0 aliphatic carbocycles. The maximum absolute atomic E-state index is 5.80. The van der Waals surface area contributed by atoms with Crippen LogP contribution in [0.15, 0.2) is 24.4 Å². The average Bonchev–Trinajstić information content (AvgIpc) is 2.42. The summed E-state index contributed by atoms with van der Waals surface area (Å²) in [6.45, 7) is 4.25. The standard InChI is InChI=1S/C13H17NO3/c1-2-6-12-8-15-13(16-9-12,17-10-12)11-5-3-4-7-14-11/h3-5,7H,2,6,8-10H2,1H3. The number of rotatable bonds is 3. The van der Waals surface area contributed by atoms with Crippen LogP contribution in [0.25, 0.3) is 0 Å². The molecule has 1 aromatic rings. The molecule has 4 heterocycles. The number of fused-ring (bicyclic) bond motifs is 3. The fourth-order valence-electron chi connectivity index (χ4n) is 2.51. The summed E-state index contributed by atoms with van der Waals surface area (Å²) in [4.78, 5) is 4.26. The van der Waals surface area contributed by atoms with E-state index < -0.39 is 5.97 Å². The number of aromatic nitrogens is 1. The molecule has 0 amide bonds. The molecule has 0 unspecified atom stereocenters. The Balaban J connectivity index is 1.82. The second-order valence-corrected chi connectivity index (χ2v) is 4.89. The summed E-state index contributed by atoms with van der Waals surface area (Å²) >= 11 is 0. The number of pyridine rings is 1. The van der Waals surface area contributed by atoms with Crippen LogP contribution in [0, 0.1) is 5.41 Å². The van der Waals surface area contributed by atoms with Crippen LogP contribution in [0.3, 0.4) is 0 Å². The molecule has 4 heteroatoms. The van der Waals surface area contributed by atoms with Crippen molar-refractivity contribution in [3.8, 4) is 0 Å². The van der Waals surface area contributed by atoms with Gasteiger partial charge in [0.15, 0.2) is 0 Å². The molecule has 0 atom stereocenters. The lowest BCUT2D eigenvalue weighted by atomic mass is 9.84. The van der Waals surface area contributed by atoms with Crippen molar-refractivity contribution in [2.24, 2.45) is 5.41 Å². The van der Waals surface area contributed by atoms with E-state index in [1.807, 2.05) is 18.2 Å². The quantitative estimate of drug-likeness (QED) is 0.804. The fourth-order valence-corrected chi connectivity index (χ4v) is 2.51. The van der Waals surface area contributed by atoms with E-state index >= 15 is 0 Å². The zero-order chi connectivity index (χ0) is 11.8. The largest absolute Gasteiger partial charge is 0.329 e. The highest BCUT2D eigenvalue weighted by Crippen LogP contribution is 2.45. The summed E-state index contributed by atoms with van der Waals surface area (Å²) in [7, 11) is 0. The Morgan fingerprint density at radius 2 is 1.88 bits per heavy atom. The van der Waals surface area contributed by atoms with E-state index in [4.69, 9.17) is 14.2 Å². The van der Waals surface area contributed by atoms with E-state index in [9.17, 15) is 0 Å². The minimum Gasteiger partial charge on any atom is -0.322 e. The molecule has 3 aliphatic rings. The molecular formula is C13H17NO3. The third kappa shape index (κ3) is 1.76.